The molecule has 1 fully saturated rings. The van der Waals surface area contributed by atoms with E-state index in [0.717, 1.165) is 5.69 Å². The van der Waals surface area contributed by atoms with Crippen LogP contribution in [0.25, 0.3) is 5.65 Å². The van der Waals surface area contributed by atoms with E-state index in [1.54, 1.807) is 16.4 Å². The molecule has 0 aromatic carbocycles. The second-order valence-electron chi connectivity index (χ2n) is 6.00. The number of pyridine rings is 1. The molecule has 2 aromatic heterocycles. The number of piperidine rings is 1. The number of rotatable bonds is 4. The van der Waals surface area contributed by atoms with Crippen LogP contribution in [0.4, 0.5) is 0 Å². The molecule has 24 heavy (non-hydrogen) atoms. The fourth-order valence-corrected chi connectivity index (χ4v) is 3.24. The summed E-state index contributed by atoms with van der Waals surface area (Å²) in [6.45, 7) is 3.05. The Balaban J connectivity index is 1.94. The molecule has 1 saturated heterocycles. The van der Waals surface area contributed by atoms with E-state index in [2.05, 4.69) is 4.98 Å². The lowest BCUT2D eigenvalue weighted by atomic mass is 9.96. The molecular weight excluding hydrogens is 308 g/mol. The van der Waals surface area contributed by atoms with Gasteiger partial charge in [-0.1, -0.05) is 6.92 Å². The van der Waals surface area contributed by atoms with Crippen molar-refractivity contribution < 1.29 is 14.3 Å². The molecule has 2 N–H and O–H groups in total. The van der Waals surface area contributed by atoms with Gasteiger partial charge < -0.3 is 15.4 Å². The van der Waals surface area contributed by atoms with Crippen molar-refractivity contribution in [1.82, 2.24) is 14.3 Å². The van der Waals surface area contributed by atoms with Crippen molar-refractivity contribution in [3.63, 3.8) is 0 Å². The van der Waals surface area contributed by atoms with Crippen molar-refractivity contribution in [2.75, 3.05) is 20.2 Å². The maximum Gasteiger partial charge on any atom is 0.272 e. The maximum atomic E-state index is 13.0. The summed E-state index contributed by atoms with van der Waals surface area (Å²) < 4.78 is 7.14. The quantitative estimate of drug-likeness (QED) is 0.913. The number of hydrogen-bond donors (Lipinski definition) is 1. The number of carbonyl (C=O) groups excluding carboxylic acids is 2. The Morgan fingerprint density at radius 1 is 1.38 bits per heavy atom. The van der Waals surface area contributed by atoms with Crippen molar-refractivity contribution in [3.05, 3.63) is 29.7 Å². The number of nitrogens with two attached hydrogens (primary N) is 1. The summed E-state index contributed by atoms with van der Waals surface area (Å²) in [5, 5.41) is 0. The first kappa shape index (κ1) is 16.3. The number of hydrogen-bond acceptors (Lipinski definition) is 4. The van der Waals surface area contributed by atoms with Crippen molar-refractivity contribution >= 4 is 17.5 Å². The summed E-state index contributed by atoms with van der Waals surface area (Å²) in [6, 6.07) is 3.66. The van der Waals surface area contributed by atoms with Crippen molar-refractivity contribution in [1.29, 1.82) is 0 Å². The Morgan fingerprint density at radius 2 is 2.08 bits per heavy atom. The summed E-state index contributed by atoms with van der Waals surface area (Å²) in [4.78, 5) is 30.7. The predicted octanol–water partition coefficient (Wildman–Crippen LogP) is 1.24. The van der Waals surface area contributed by atoms with Gasteiger partial charge in [-0.15, -0.1) is 0 Å². The molecule has 7 heteroatoms. The first-order chi connectivity index (χ1) is 11.6. The third-order valence-corrected chi connectivity index (χ3v) is 4.63. The van der Waals surface area contributed by atoms with Crippen molar-refractivity contribution in [2.45, 2.75) is 26.2 Å². The lowest BCUT2D eigenvalue weighted by Crippen LogP contribution is -2.42. The number of primary amides is 1. The molecule has 7 nitrogen and oxygen atoms in total. The van der Waals surface area contributed by atoms with Crippen LogP contribution in [0.1, 0.15) is 35.9 Å². The zero-order valence-electron chi connectivity index (χ0n) is 14.0. The largest absolute Gasteiger partial charge is 0.493 e. The minimum Gasteiger partial charge on any atom is -0.493 e. The highest BCUT2D eigenvalue weighted by Crippen LogP contribution is 2.25. The van der Waals surface area contributed by atoms with Crippen molar-refractivity contribution in [2.24, 2.45) is 11.7 Å². The average Bonchev–Trinajstić information content (AvgIpc) is 2.99. The van der Waals surface area contributed by atoms with Crippen molar-refractivity contribution in [3.8, 4) is 5.75 Å². The van der Waals surface area contributed by atoms with Crippen LogP contribution in [-0.2, 0) is 11.2 Å². The molecular formula is C17H22N4O3. The fraction of sp³-hybridized carbons (Fsp3) is 0.471. The SMILES string of the molecule is CCc1nc2c(OC)cccn2c1C(=O)N1CCC(C(N)=O)CC1. The minimum absolute atomic E-state index is 0.0597. The van der Waals surface area contributed by atoms with E-state index in [4.69, 9.17) is 10.5 Å². The minimum atomic E-state index is -0.282. The van der Waals surface area contributed by atoms with Gasteiger partial charge in [-0.05, 0) is 31.4 Å². The molecule has 0 radical (unpaired) electrons. The van der Waals surface area contributed by atoms with Gasteiger partial charge in [0.1, 0.15) is 5.69 Å². The van der Waals surface area contributed by atoms with Gasteiger partial charge in [0.15, 0.2) is 11.4 Å². The first-order valence-electron chi connectivity index (χ1n) is 8.19. The van der Waals surface area contributed by atoms with E-state index in [-0.39, 0.29) is 17.7 Å². The number of nitrogens with zero attached hydrogens (tertiary/aromatic N) is 3. The van der Waals surface area contributed by atoms with Crippen LogP contribution in [-0.4, -0.2) is 46.3 Å². The number of aryl methyl sites for hydroxylation is 1. The lowest BCUT2D eigenvalue weighted by molar-refractivity contribution is -0.123. The molecule has 0 unspecified atom stereocenters. The number of ether oxygens (including phenoxy) is 1. The third kappa shape index (κ3) is 2.70. The van der Waals surface area contributed by atoms with Crippen LogP contribution < -0.4 is 10.5 Å². The second kappa shape index (κ2) is 6.51. The molecule has 0 aliphatic carbocycles. The molecule has 128 valence electrons. The number of carbonyl (C=O) groups is 2. The Bertz CT molecular complexity index is 775. The van der Waals surface area contributed by atoms with Crippen LogP contribution in [0.15, 0.2) is 18.3 Å². The first-order valence-corrected chi connectivity index (χ1v) is 8.19. The van der Waals surface area contributed by atoms with E-state index in [9.17, 15) is 9.59 Å². The topological polar surface area (TPSA) is 89.9 Å². The highest BCUT2D eigenvalue weighted by Gasteiger charge is 2.29. The normalized spacial score (nSPS) is 15.7. The second-order valence-corrected chi connectivity index (χ2v) is 6.00. The average molecular weight is 330 g/mol. The molecule has 3 rings (SSSR count). The molecule has 0 saturated carbocycles. The molecule has 1 aliphatic heterocycles. The summed E-state index contributed by atoms with van der Waals surface area (Å²) in [5.41, 5.74) is 7.33. The van der Waals surface area contributed by atoms with Crippen LogP contribution >= 0.6 is 0 Å². The summed E-state index contributed by atoms with van der Waals surface area (Å²) in [7, 11) is 1.59. The smallest absolute Gasteiger partial charge is 0.272 e. The Morgan fingerprint density at radius 3 is 2.67 bits per heavy atom. The highest BCUT2D eigenvalue weighted by atomic mass is 16.5. The van der Waals surface area contributed by atoms with E-state index in [1.165, 1.54) is 0 Å². The van der Waals surface area contributed by atoms with E-state index in [1.807, 2.05) is 25.3 Å². The zero-order chi connectivity index (χ0) is 17.3. The van der Waals surface area contributed by atoms with Gasteiger partial charge in [0.2, 0.25) is 5.91 Å². The van der Waals surface area contributed by atoms with Gasteiger partial charge in [0, 0.05) is 25.2 Å². The number of fused-ring (bicyclic) bond motifs is 1. The molecule has 0 spiro atoms. The molecule has 3 heterocycles. The van der Waals surface area contributed by atoms with Crippen LogP contribution in [0.3, 0.4) is 0 Å². The molecule has 2 aromatic rings. The van der Waals surface area contributed by atoms with Gasteiger partial charge in [-0.3, -0.25) is 14.0 Å². The molecule has 0 atom stereocenters. The van der Waals surface area contributed by atoms with Gasteiger partial charge >= 0.3 is 0 Å². The lowest BCUT2D eigenvalue weighted by Gasteiger charge is -2.30. The van der Waals surface area contributed by atoms with Gasteiger partial charge in [0.05, 0.1) is 12.8 Å². The third-order valence-electron chi connectivity index (χ3n) is 4.63. The van der Waals surface area contributed by atoms with Gasteiger partial charge in [-0.25, -0.2) is 4.98 Å². The van der Waals surface area contributed by atoms with Gasteiger partial charge in [0.25, 0.3) is 5.91 Å². The number of methoxy groups -OCH3 is 1. The number of aromatic nitrogens is 2. The Labute approximate surface area is 140 Å². The molecule has 2 amide bonds. The zero-order valence-corrected chi connectivity index (χ0v) is 14.0. The van der Waals surface area contributed by atoms with E-state index in [0.29, 0.717) is 49.4 Å². The summed E-state index contributed by atoms with van der Waals surface area (Å²) in [6.07, 6.45) is 3.71. The molecule has 0 bridgehead atoms. The Kier molecular flexibility index (Phi) is 4.42. The summed E-state index contributed by atoms with van der Waals surface area (Å²) >= 11 is 0. The Hall–Kier alpha value is -2.57. The van der Waals surface area contributed by atoms with Crippen LogP contribution in [0.2, 0.25) is 0 Å². The number of amides is 2. The van der Waals surface area contributed by atoms with E-state index >= 15 is 0 Å². The standard InChI is InChI=1S/C17H22N4O3/c1-3-12-14(21-8-4-5-13(24-2)16(21)19-12)17(23)20-9-6-11(7-10-20)15(18)22/h4-5,8,11H,3,6-7,9-10H2,1-2H3,(H2,18,22). The highest BCUT2D eigenvalue weighted by molar-refractivity contribution is 5.95. The van der Waals surface area contributed by atoms with Crippen LogP contribution in [0.5, 0.6) is 5.75 Å². The fourth-order valence-electron chi connectivity index (χ4n) is 3.24. The van der Waals surface area contributed by atoms with Crippen LogP contribution in [0, 0.1) is 5.92 Å². The molecule has 1 aliphatic rings. The summed E-state index contributed by atoms with van der Waals surface area (Å²) in [5.74, 6) is 0.159. The number of imidazole rings is 1. The number of likely N-dealkylation sites (tertiary alicyclic amines) is 1. The maximum absolute atomic E-state index is 13.0. The monoisotopic (exact) mass is 330 g/mol. The van der Waals surface area contributed by atoms with E-state index < -0.39 is 0 Å². The predicted molar refractivity (Wildman–Crippen MR) is 88.9 cm³/mol. The van der Waals surface area contributed by atoms with Gasteiger partial charge in [-0.2, -0.15) is 0 Å².